The van der Waals surface area contributed by atoms with E-state index in [9.17, 15) is 0 Å². The first-order valence-electron chi connectivity index (χ1n) is 4.33. The van der Waals surface area contributed by atoms with Crippen LogP contribution in [-0.4, -0.2) is 25.7 Å². The van der Waals surface area contributed by atoms with Gasteiger partial charge in [-0.3, -0.25) is 0 Å². The van der Waals surface area contributed by atoms with Crippen molar-refractivity contribution >= 4 is 17.4 Å². The Labute approximate surface area is 88.6 Å². The molecule has 0 spiro atoms. The second-order valence-electron chi connectivity index (χ2n) is 2.75. The normalized spacial score (nSPS) is 9.86. The molecule has 0 fully saturated rings. The fourth-order valence-electron chi connectivity index (χ4n) is 1.02. The second-order valence-corrected chi connectivity index (χ2v) is 3.73. The minimum absolute atomic E-state index is 0.629. The van der Waals surface area contributed by atoms with Gasteiger partial charge in [-0.1, -0.05) is 0 Å². The van der Waals surface area contributed by atoms with Crippen molar-refractivity contribution < 1.29 is 9.47 Å². The summed E-state index contributed by atoms with van der Waals surface area (Å²) >= 11 is 1.75. The molecular formula is C10H15NO2S. The molecule has 0 radical (unpaired) electrons. The van der Waals surface area contributed by atoms with Crippen LogP contribution in [0.3, 0.4) is 0 Å². The highest BCUT2D eigenvalue weighted by molar-refractivity contribution is 7.98. The summed E-state index contributed by atoms with van der Waals surface area (Å²) in [6.07, 6.45) is 2.05. The molecule has 4 heteroatoms. The monoisotopic (exact) mass is 213 g/mol. The third-order valence-corrected chi connectivity index (χ3v) is 2.34. The van der Waals surface area contributed by atoms with Gasteiger partial charge in [-0.2, -0.15) is 11.8 Å². The number of hydrogen-bond acceptors (Lipinski definition) is 4. The SMILES string of the molecule is COc1cc(OCCSC)ccc1N. The fourth-order valence-corrected chi connectivity index (χ4v) is 1.27. The molecule has 0 unspecified atom stereocenters. The second kappa shape index (κ2) is 5.65. The molecule has 0 atom stereocenters. The average molecular weight is 213 g/mol. The van der Waals surface area contributed by atoms with Crippen LogP contribution in [0.2, 0.25) is 0 Å². The van der Waals surface area contributed by atoms with E-state index in [1.807, 2.05) is 12.3 Å². The molecule has 0 aromatic heterocycles. The zero-order chi connectivity index (χ0) is 10.4. The van der Waals surface area contributed by atoms with E-state index in [1.54, 1.807) is 31.0 Å². The third-order valence-electron chi connectivity index (χ3n) is 1.76. The maximum atomic E-state index is 5.67. The summed E-state index contributed by atoms with van der Waals surface area (Å²) < 4.78 is 10.6. The summed E-state index contributed by atoms with van der Waals surface area (Å²) in [6.45, 7) is 0.703. The Morgan fingerprint density at radius 2 is 2.21 bits per heavy atom. The van der Waals surface area contributed by atoms with Crippen molar-refractivity contribution in [3.8, 4) is 11.5 Å². The molecule has 0 aliphatic heterocycles. The van der Waals surface area contributed by atoms with Crippen LogP contribution in [0.1, 0.15) is 0 Å². The highest BCUT2D eigenvalue weighted by Gasteiger charge is 2.01. The summed E-state index contributed by atoms with van der Waals surface area (Å²) in [4.78, 5) is 0. The van der Waals surface area contributed by atoms with Crippen LogP contribution >= 0.6 is 11.8 Å². The molecule has 78 valence electrons. The van der Waals surface area contributed by atoms with Gasteiger partial charge in [-0.05, 0) is 18.4 Å². The molecule has 3 nitrogen and oxygen atoms in total. The number of nitrogen functional groups attached to an aromatic ring is 1. The molecule has 0 aliphatic rings. The van der Waals surface area contributed by atoms with Gasteiger partial charge in [0.25, 0.3) is 0 Å². The predicted molar refractivity (Wildman–Crippen MR) is 61.3 cm³/mol. The van der Waals surface area contributed by atoms with E-state index in [0.717, 1.165) is 11.5 Å². The molecule has 1 aromatic rings. The van der Waals surface area contributed by atoms with Gasteiger partial charge in [-0.25, -0.2) is 0 Å². The van der Waals surface area contributed by atoms with Crippen molar-refractivity contribution in [3.05, 3.63) is 18.2 Å². The van der Waals surface area contributed by atoms with E-state index >= 15 is 0 Å². The van der Waals surface area contributed by atoms with E-state index in [-0.39, 0.29) is 0 Å². The summed E-state index contributed by atoms with van der Waals surface area (Å²) in [6, 6.07) is 5.43. The first-order valence-corrected chi connectivity index (χ1v) is 5.72. The lowest BCUT2D eigenvalue weighted by atomic mass is 10.3. The van der Waals surface area contributed by atoms with Crippen LogP contribution < -0.4 is 15.2 Å². The predicted octanol–water partition coefficient (Wildman–Crippen LogP) is 2.02. The van der Waals surface area contributed by atoms with Crippen LogP contribution in [0, 0.1) is 0 Å². The molecule has 0 aliphatic carbocycles. The van der Waals surface area contributed by atoms with E-state index in [1.165, 1.54) is 0 Å². The van der Waals surface area contributed by atoms with Gasteiger partial charge in [0.1, 0.15) is 11.5 Å². The number of benzene rings is 1. The van der Waals surface area contributed by atoms with Crippen LogP contribution in [0.4, 0.5) is 5.69 Å². The van der Waals surface area contributed by atoms with Gasteiger partial charge in [0, 0.05) is 11.8 Å². The summed E-state index contributed by atoms with van der Waals surface area (Å²) in [5, 5.41) is 0. The van der Waals surface area contributed by atoms with Gasteiger partial charge >= 0.3 is 0 Å². The molecule has 0 amide bonds. The van der Waals surface area contributed by atoms with E-state index in [0.29, 0.717) is 18.0 Å². The largest absolute Gasteiger partial charge is 0.494 e. The maximum absolute atomic E-state index is 5.67. The van der Waals surface area contributed by atoms with Crippen molar-refractivity contribution in [2.45, 2.75) is 0 Å². The number of hydrogen-bond donors (Lipinski definition) is 1. The van der Waals surface area contributed by atoms with E-state index in [2.05, 4.69) is 0 Å². The lowest BCUT2D eigenvalue weighted by Crippen LogP contribution is -2.00. The number of ether oxygens (including phenoxy) is 2. The summed E-state index contributed by atoms with van der Waals surface area (Å²) in [5.41, 5.74) is 6.30. The first kappa shape index (κ1) is 11.0. The highest BCUT2D eigenvalue weighted by Crippen LogP contribution is 2.26. The van der Waals surface area contributed by atoms with Crippen LogP contribution in [0.25, 0.3) is 0 Å². The minimum Gasteiger partial charge on any atom is -0.494 e. The number of thioether (sulfide) groups is 1. The topological polar surface area (TPSA) is 44.5 Å². The molecular weight excluding hydrogens is 198 g/mol. The lowest BCUT2D eigenvalue weighted by molar-refractivity contribution is 0.340. The van der Waals surface area contributed by atoms with Gasteiger partial charge < -0.3 is 15.2 Å². The zero-order valence-corrected chi connectivity index (χ0v) is 9.26. The Kier molecular flexibility index (Phi) is 4.46. The Morgan fingerprint density at radius 1 is 1.43 bits per heavy atom. The number of anilines is 1. The molecule has 1 aromatic carbocycles. The zero-order valence-electron chi connectivity index (χ0n) is 8.45. The number of rotatable bonds is 5. The molecule has 0 bridgehead atoms. The van der Waals surface area contributed by atoms with Crippen molar-refractivity contribution in [3.63, 3.8) is 0 Å². The smallest absolute Gasteiger partial charge is 0.145 e. The summed E-state index contributed by atoms with van der Waals surface area (Å²) in [5.74, 6) is 2.43. The van der Waals surface area contributed by atoms with Gasteiger partial charge in [0.2, 0.25) is 0 Å². The van der Waals surface area contributed by atoms with Crippen molar-refractivity contribution in [2.24, 2.45) is 0 Å². The molecule has 14 heavy (non-hydrogen) atoms. The first-order chi connectivity index (χ1) is 6.77. The average Bonchev–Trinajstić information content (AvgIpc) is 2.21. The van der Waals surface area contributed by atoms with E-state index < -0.39 is 0 Å². The lowest BCUT2D eigenvalue weighted by Gasteiger charge is -2.08. The van der Waals surface area contributed by atoms with Crippen molar-refractivity contribution in [1.82, 2.24) is 0 Å². The molecule has 0 saturated heterocycles. The molecule has 1 rings (SSSR count). The van der Waals surface area contributed by atoms with Crippen molar-refractivity contribution in [1.29, 1.82) is 0 Å². The number of nitrogens with two attached hydrogens (primary N) is 1. The Morgan fingerprint density at radius 3 is 2.86 bits per heavy atom. The molecule has 0 saturated carbocycles. The van der Waals surface area contributed by atoms with Crippen LogP contribution in [0.15, 0.2) is 18.2 Å². The standard InChI is InChI=1S/C10H15NO2S/c1-12-10-7-8(3-4-9(10)11)13-5-6-14-2/h3-4,7H,5-6,11H2,1-2H3. The molecule has 2 N–H and O–H groups in total. The van der Waals surface area contributed by atoms with Gasteiger partial charge in [0.05, 0.1) is 19.4 Å². The quantitative estimate of drug-likeness (QED) is 0.600. The molecule has 0 heterocycles. The van der Waals surface area contributed by atoms with Gasteiger partial charge in [0.15, 0.2) is 0 Å². The van der Waals surface area contributed by atoms with E-state index in [4.69, 9.17) is 15.2 Å². The third kappa shape index (κ3) is 3.03. The minimum atomic E-state index is 0.629. The Hall–Kier alpha value is -1.03. The highest BCUT2D eigenvalue weighted by atomic mass is 32.2. The van der Waals surface area contributed by atoms with Crippen molar-refractivity contribution in [2.75, 3.05) is 31.5 Å². The fraction of sp³-hybridized carbons (Fsp3) is 0.400. The Balaban J connectivity index is 2.60. The Bertz CT molecular complexity index is 291. The number of methoxy groups -OCH3 is 1. The van der Waals surface area contributed by atoms with Crippen LogP contribution in [-0.2, 0) is 0 Å². The van der Waals surface area contributed by atoms with Crippen LogP contribution in [0.5, 0.6) is 11.5 Å². The maximum Gasteiger partial charge on any atom is 0.145 e. The summed E-state index contributed by atoms with van der Waals surface area (Å²) in [7, 11) is 1.59. The van der Waals surface area contributed by atoms with Gasteiger partial charge in [-0.15, -0.1) is 0 Å².